The highest BCUT2D eigenvalue weighted by molar-refractivity contribution is 6.05. The van der Waals surface area contributed by atoms with Crippen LogP contribution in [0.15, 0.2) is 29.4 Å². The summed E-state index contributed by atoms with van der Waals surface area (Å²) in [5.41, 5.74) is 1.55. The normalized spacial score (nSPS) is 17.6. The van der Waals surface area contributed by atoms with Crippen LogP contribution >= 0.6 is 0 Å². The standard InChI is InChI=1S/C20H27N5O3/c1-4-24(5-2)11-10-22-19(26)18-12-17(23-28-3)14-25(18)20(27)16-8-6-15(13-21)7-9-16/h6-9,18H,4-5,10-12,14H2,1-3H3,(H,22,26)/t18-/m0/s1. The van der Waals surface area contributed by atoms with Crippen molar-refractivity contribution in [1.82, 2.24) is 15.1 Å². The van der Waals surface area contributed by atoms with E-state index in [1.165, 1.54) is 12.0 Å². The number of hydrogen-bond donors (Lipinski definition) is 1. The SMILES string of the molecule is CCN(CC)CCNC(=O)[C@@H]1CC(=NOC)CN1C(=O)c1ccc(C#N)cc1. The van der Waals surface area contributed by atoms with Gasteiger partial charge in [-0.05, 0) is 37.4 Å². The summed E-state index contributed by atoms with van der Waals surface area (Å²) in [6, 6.07) is 7.77. The summed E-state index contributed by atoms with van der Waals surface area (Å²) < 4.78 is 0. The Bertz CT molecular complexity index is 750. The molecule has 0 unspecified atom stereocenters. The van der Waals surface area contributed by atoms with Crippen LogP contribution in [-0.2, 0) is 9.63 Å². The van der Waals surface area contributed by atoms with E-state index in [2.05, 4.69) is 29.2 Å². The maximum atomic E-state index is 12.9. The molecule has 0 aromatic heterocycles. The van der Waals surface area contributed by atoms with Gasteiger partial charge >= 0.3 is 0 Å². The van der Waals surface area contributed by atoms with Crippen molar-refractivity contribution >= 4 is 17.5 Å². The van der Waals surface area contributed by atoms with E-state index in [1.54, 1.807) is 24.3 Å². The van der Waals surface area contributed by atoms with E-state index >= 15 is 0 Å². The maximum absolute atomic E-state index is 12.9. The smallest absolute Gasteiger partial charge is 0.254 e. The summed E-state index contributed by atoms with van der Waals surface area (Å²) in [5.74, 6) is -0.467. The Morgan fingerprint density at radius 2 is 2.00 bits per heavy atom. The van der Waals surface area contributed by atoms with Crippen molar-refractivity contribution in [2.45, 2.75) is 26.3 Å². The van der Waals surface area contributed by atoms with Gasteiger partial charge in [0.15, 0.2) is 0 Å². The Morgan fingerprint density at radius 1 is 1.32 bits per heavy atom. The number of oxime groups is 1. The third kappa shape index (κ3) is 5.30. The zero-order chi connectivity index (χ0) is 20.5. The Balaban J connectivity index is 2.10. The van der Waals surface area contributed by atoms with Gasteiger partial charge in [0.25, 0.3) is 5.91 Å². The van der Waals surface area contributed by atoms with Crippen LogP contribution in [0.2, 0.25) is 0 Å². The molecular formula is C20H27N5O3. The van der Waals surface area contributed by atoms with Gasteiger partial charge in [0.2, 0.25) is 5.91 Å². The number of amides is 2. The minimum absolute atomic E-state index is 0.199. The Morgan fingerprint density at radius 3 is 2.57 bits per heavy atom. The molecule has 0 saturated carbocycles. The van der Waals surface area contributed by atoms with Crippen molar-refractivity contribution in [3.05, 3.63) is 35.4 Å². The third-order valence-electron chi connectivity index (χ3n) is 4.82. The number of rotatable bonds is 8. The zero-order valence-electron chi connectivity index (χ0n) is 16.6. The van der Waals surface area contributed by atoms with Crippen LogP contribution in [0.3, 0.4) is 0 Å². The number of likely N-dealkylation sites (tertiary alicyclic amines) is 1. The molecule has 1 N–H and O–H groups in total. The maximum Gasteiger partial charge on any atom is 0.254 e. The van der Waals surface area contributed by atoms with Crippen molar-refractivity contribution in [3.63, 3.8) is 0 Å². The molecule has 1 fully saturated rings. The lowest BCUT2D eigenvalue weighted by Crippen LogP contribution is -2.47. The quantitative estimate of drug-likeness (QED) is 0.679. The molecule has 150 valence electrons. The first-order valence-corrected chi connectivity index (χ1v) is 9.44. The summed E-state index contributed by atoms with van der Waals surface area (Å²) in [6.45, 7) is 7.51. The molecule has 0 aliphatic carbocycles. The third-order valence-corrected chi connectivity index (χ3v) is 4.82. The lowest BCUT2D eigenvalue weighted by Gasteiger charge is -2.24. The van der Waals surface area contributed by atoms with Crippen LogP contribution < -0.4 is 5.32 Å². The lowest BCUT2D eigenvalue weighted by atomic mass is 10.1. The first kappa shape index (κ1) is 21.4. The highest BCUT2D eigenvalue weighted by atomic mass is 16.6. The van der Waals surface area contributed by atoms with Gasteiger partial charge in [-0.25, -0.2) is 0 Å². The van der Waals surface area contributed by atoms with Gasteiger partial charge in [-0.2, -0.15) is 5.26 Å². The van der Waals surface area contributed by atoms with Gasteiger partial charge in [-0.15, -0.1) is 0 Å². The molecule has 0 radical (unpaired) electrons. The summed E-state index contributed by atoms with van der Waals surface area (Å²) >= 11 is 0. The van der Waals surface area contributed by atoms with E-state index in [-0.39, 0.29) is 18.4 Å². The van der Waals surface area contributed by atoms with Gasteiger partial charge in [0.05, 0.1) is 23.9 Å². The zero-order valence-corrected chi connectivity index (χ0v) is 16.6. The number of carbonyl (C=O) groups is 2. The molecule has 1 aromatic rings. The molecule has 28 heavy (non-hydrogen) atoms. The second-order valence-electron chi connectivity index (χ2n) is 6.50. The van der Waals surface area contributed by atoms with Gasteiger partial charge in [0, 0.05) is 25.1 Å². The Labute approximate surface area is 165 Å². The average molecular weight is 385 g/mol. The van der Waals surface area contributed by atoms with E-state index in [1.807, 2.05) is 6.07 Å². The van der Waals surface area contributed by atoms with Crippen molar-refractivity contribution in [2.24, 2.45) is 5.16 Å². The fourth-order valence-electron chi connectivity index (χ4n) is 3.20. The molecule has 2 amide bonds. The first-order chi connectivity index (χ1) is 13.5. The summed E-state index contributed by atoms with van der Waals surface area (Å²) in [6.07, 6.45) is 0.340. The second-order valence-corrected chi connectivity index (χ2v) is 6.50. The summed E-state index contributed by atoms with van der Waals surface area (Å²) in [7, 11) is 1.44. The van der Waals surface area contributed by atoms with Crippen molar-refractivity contribution in [2.75, 3.05) is 39.8 Å². The number of hydrogen-bond acceptors (Lipinski definition) is 6. The predicted octanol–water partition coefficient (Wildman–Crippen LogP) is 1.23. The van der Waals surface area contributed by atoms with Gasteiger partial charge in [-0.1, -0.05) is 19.0 Å². The highest BCUT2D eigenvalue weighted by Gasteiger charge is 2.38. The molecule has 1 atom stereocenters. The van der Waals surface area contributed by atoms with Crippen LogP contribution in [0, 0.1) is 11.3 Å². The van der Waals surface area contributed by atoms with Crippen LogP contribution in [0.5, 0.6) is 0 Å². The number of nitriles is 1. The minimum atomic E-state index is -0.631. The van der Waals surface area contributed by atoms with Crippen LogP contribution in [0.1, 0.15) is 36.2 Å². The molecule has 0 spiro atoms. The van der Waals surface area contributed by atoms with E-state index < -0.39 is 6.04 Å². The first-order valence-electron chi connectivity index (χ1n) is 9.44. The molecule has 1 aliphatic heterocycles. The Kier molecular flexibility index (Phi) is 7.96. The number of nitrogens with one attached hydrogen (secondary N) is 1. The van der Waals surface area contributed by atoms with Crippen molar-refractivity contribution in [3.8, 4) is 6.07 Å². The number of likely N-dealkylation sites (N-methyl/N-ethyl adjacent to an activating group) is 1. The highest BCUT2D eigenvalue weighted by Crippen LogP contribution is 2.20. The molecule has 1 heterocycles. The molecule has 1 saturated heterocycles. The van der Waals surface area contributed by atoms with Crippen molar-refractivity contribution in [1.29, 1.82) is 5.26 Å². The van der Waals surface area contributed by atoms with Gasteiger partial charge < -0.3 is 20.0 Å². The summed E-state index contributed by atoms with van der Waals surface area (Å²) in [4.78, 5) is 34.2. The fourth-order valence-corrected chi connectivity index (χ4v) is 3.20. The van der Waals surface area contributed by atoms with E-state index in [9.17, 15) is 9.59 Å². The second kappa shape index (κ2) is 10.4. The van der Waals surface area contributed by atoms with Gasteiger partial charge in [-0.3, -0.25) is 9.59 Å². The fraction of sp³-hybridized carbons (Fsp3) is 0.500. The molecule has 8 heteroatoms. The topological polar surface area (TPSA) is 98.0 Å². The van der Waals surface area contributed by atoms with Crippen LogP contribution in [0.25, 0.3) is 0 Å². The molecular weight excluding hydrogens is 358 g/mol. The predicted molar refractivity (Wildman–Crippen MR) is 106 cm³/mol. The van der Waals surface area contributed by atoms with E-state index in [0.717, 1.165) is 19.6 Å². The van der Waals surface area contributed by atoms with Gasteiger partial charge in [0.1, 0.15) is 13.2 Å². The molecule has 2 rings (SSSR count). The van der Waals surface area contributed by atoms with E-state index in [0.29, 0.717) is 29.8 Å². The Hall–Kier alpha value is -2.92. The molecule has 1 aliphatic rings. The molecule has 1 aromatic carbocycles. The van der Waals surface area contributed by atoms with E-state index in [4.69, 9.17) is 10.1 Å². The minimum Gasteiger partial charge on any atom is -0.399 e. The molecule has 0 bridgehead atoms. The number of benzene rings is 1. The average Bonchev–Trinajstić information content (AvgIpc) is 3.15. The number of nitrogens with zero attached hydrogens (tertiary/aromatic N) is 4. The summed E-state index contributed by atoms with van der Waals surface area (Å²) in [5, 5.41) is 15.8. The largest absolute Gasteiger partial charge is 0.399 e. The van der Waals surface area contributed by atoms with Crippen LogP contribution in [-0.4, -0.2) is 73.2 Å². The lowest BCUT2D eigenvalue weighted by molar-refractivity contribution is -0.124. The monoisotopic (exact) mass is 385 g/mol. The van der Waals surface area contributed by atoms with Crippen molar-refractivity contribution < 1.29 is 14.4 Å². The van der Waals surface area contributed by atoms with Crippen LogP contribution in [0.4, 0.5) is 0 Å². The molecule has 8 nitrogen and oxygen atoms in total. The number of carbonyl (C=O) groups excluding carboxylic acids is 2.